The molecule has 3 aliphatic carbocycles. The summed E-state index contributed by atoms with van der Waals surface area (Å²) in [6.45, 7) is 0. The van der Waals surface area contributed by atoms with Crippen LogP contribution in [0.2, 0.25) is 0 Å². The largest absolute Gasteiger partial charge is 0.455 e. The summed E-state index contributed by atoms with van der Waals surface area (Å²) in [5.74, 6) is -1.57. The van der Waals surface area contributed by atoms with Gasteiger partial charge in [0.15, 0.2) is 0 Å². The molecule has 9 heteroatoms. The van der Waals surface area contributed by atoms with Gasteiger partial charge in [-0.15, -0.1) is 0 Å². The van der Waals surface area contributed by atoms with Crippen LogP contribution in [0.5, 0.6) is 0 Å². The molecule has 0 spiro atoms. The number of furan rings is 1. The van der Waals surface area contributed by atoms with E-state index in [1.54, 1.807) is 24.3 Å². The fourth-order valence-electron chi connectivity index (χ4n) is 6.32. The number of hydrogen-bond donors (Lipinski definition) is 0. The average Bonchev–Trinajstić information content (AvgIpc) is 3.50. The Balaban J connectivity index is 1.22. The van der Waals surface area contributed by atoms with Crippen molar-refractivity contribution in [1.82, 2.24) is 5.01 Å². The molecule has 2 bridgehead atoms. The van der Waals surface area contributed by atoms with Gasteiger partial charge >= 0.3 is 0 Å². The molecule has 0 saturated carbocycles. The van der Waals surface area contributed by atoms with Gasteiger partial charge in [-0.25, -0.2) is 0 Å². The fraction of sp³-hybridized carbons (Fsp3) is 0.138. The predicted octanol–water partition coefficient (Wildman–Crippen LogP) is 5.84. The molecule has 3 aromatic carbocycles. The minimum Gasteiger partial charge on any atom is -0.455 e. The molecule has 38 heavy (non-hydrogen) atoms. The molecule has 8 nitrogen and oxygen atoms in total. The van der Waals surface area contributed by atoms with Crippen LogP contribution < -0.4 is 0 Å². The van der Waals surface area contributed by atoms with E-state index in [9.17, 15) is 19.7 Å². The van der Waals surface area contributed by atoms with Gasteiger partial charge < -0.3 is 4.42 Å². The van der Waals surface area contributed by atoms with Crippen molar-refractivity contribution < 1.29 is 18.9 Å². The lowest BCUT2D eigenvalue weighted by Gasteiger charge is -2.45. The van der Waals surface area contributed by atoms with E-state index >= 15 is 0 Å². The molecular formula is C29H18BrN3O5. The third-order valence-corrected chi connectivity index (χ3v) is 8.27. The number of nitro benzene ring substituents is 1. The van der Waals surface area contributed by atoms with Crippen LogP contribution in [0.1, 0.15) is 39.8 Å². The zero-order chi connectivity index (χ0) is 26.1. The number of imide groups is 1. The number of nitro groups is 1. The van der Waals surface area contributed by atoms with E-state index in [1.165, 1.54) is 12.3 Å². The minimum absolute atomic E-state index is 0.110. The number of amides is 2. The molecule has 186 valence electrons. The number of hydrazone groups is 1. The van der Waals surface area contributed by atoms with Gasteiger partial charge in [0.2, 0.25) is 0 Å². The van der Waals surface area contributed by atoms with E-state index in [4.69, 9.17) is 4.42 Å². The maximum Gasteiger partial charge on any atom is 0.281 e. The van der Waals surface area contributed by atoms with Crippen molar-refractivity contribution in [2.75, 3.05) is 0 Å². The van der Waals surface area contributed by atoms with Gasteiger partial charge in [0, 0.05) is 22.4 Å². The van der Waals surface area contributed by atoms with Crippen molar-refractivity contribution in [3.63, 3.8) is 0 Å². The summed E-state index contributed by atoms with van der Waals surface area (Å²) in [5.41, 5.74) is 4.57. The topological polar surface area (TPSA) is 106 Å². The fourth-order valence-corrected chi connectivity index (χ4v) is 6.67. The Morgan fingerprint density at radius 2 is 1.39 bits per heavy atom. The molecule has 1 aliphatic heterocycles. The molecule has 4 aromatic rings. The Hall–Kier alpha value is -4.37. The molecule has 0 unspecified atom stereocenters. The quantitative estimate of drug-likeness (QED) is 0.133. The zero-order valence-corrected chi connectivity index (χ0v) is 21.2. The third-order valence-electron chi connectivity index (χ3n) is 7.77. The van der Waals surface area contributed by atoms with Crippen LogP contribution in [0.15, 0.2) is 92.9 Å². The number of carbonyl (C=O) groups is 2. The van der Waals surface area contributed by atoms with Crippen molar-refractivity contribution in [1.29, 1.82) is 0 Å². The summed E-state index contributed by atoms with van der Waals surface area (Å²) < 4.78 is 6.36. The first-order valence-corrected chi connectivity index (χ1v) is 12.9. The number of benzene rings is 3. The standard InChI is InChI=1S/C29H18BrN3O5/c30-15-9-11-21(22(13-15)33(36)37)23-12-10-16(38-23)14-31-32-28(34)26-24-17-5-1-2-6-18(17)25(27(26)29(32)35)20-8-4-3-7-19(20)24/h1-14,24-27H/b31-14-/t24?,25?,26-,27-/m1/s1. The number of nitrogens with zero attached hydrogens (tertiary/aromatic N) is 3. The van der Waals surface area contributed by atoms with Crippen molar-refractivity contribution in [3.8, 4) is 11.3 Å². The van der Waals surface area contributed by atoms with Crippen molar-refractivity contribution >= 4 is 39.6 Å². The van der Waals surface area contributed by atoms with Gasteiger partial charge in [0.1, 0.15) is 11.5 Å². The molecule has 2 amide bonds. The lowest BCUT2D eigenvalue weighted by Crippen LogP contribution is -2.41. The SMILES string of the molecule is O=C1[C@@H]2C3c4ccccc4C(c4ccccc43)[C@H]2C(=O)N1/N=C\c1ccc(-c2ccc(Br)cc2[N+](=O)[O-])o1. The van der Waals surface area contributed by atoms with Crippen molar-refractivity contribution in [2.24, 2.45) is 16.9 Å². The Labute approximate surface area is 224 Å². The Bertz CT molecular complexity index is 1590. The zero-order valence-electron chi connectivity index (χ0n) is 19.7. The van der Waals surface area contributed by atoms with E-state index in [0.29, 0.717) is 10.0 Å². The molecule has 8 rings (SSSR count). The molecule has 2 atom stereocenters. The van der Waals surface area contributed by atoms with Crippen LogP contribution in [-0.4, -0.2) is 28.0 Å². The lowest BCUT2D eigenvalue weighted by molar-refractivity contribution is -0.384. The smallest absolute Gasteiger partial charge is 0.281 e. The second kappa shape index (κ2) is 8.32. The summed E-state index contributed by atoms with van der Waals surface area (Å²) in [5, 5.41) is 16.7. The molecule has 2 heterocycles. The monoisotopic (exact) mass is 567 g/mol. The average molecular weight is 568 g/mol. The van der Waals surface area contributed by atoms with E-state index < -0.39 is 16.8 Å². The summed E-state index contributed by atoms with van der Waals surface area (Å²) >= 11 is 3.25. The first-order chi connectivity index (χ1) is 18.4. The predicted molar refractivity (Wildman–Crippen MR) is 141 cm³/mol. The summed E-state index contributed by atoms with van der Waals surface area (Å²) in [6.07, 6.45) is 1.31. The highest BCUT2D eigenvalue weighted by atomic mass is 79.9. The second-order valence-electron chi connectivity index (χ2n) is 9.62. The van der Waals surface area contributed by atoms with E-state index in [0.717, 1.165) is 27.3 Å². The molecule has 1 aromatic heterocycles. The van der Waals surface area contributed by atoms with Crippen LogP contribution in [0, 0.1) is 22.0 Å². The highest BCUT2D eigenvalue weighted by Gasteiger charge is 2.61. The number of halogens is 1. The van der Waals surface area contributed by atoms with Gasteiger partial charge in [-0.1, -0.05) is 64.5 Å². The molecule has 1 saturated heterocycles. The van der Waals surface area contributed by atoms with E-state index in [2.05, 4.69) is 45.3 Å². The number of carbonyl (C=O) groups excluding carboxylic acids is 2. The number of rotatable bonds is 4. The second-order valence-corrected chi connectivity index (χ2v) is 10.5. The highest BCUT2D eigenvalue weighted by molar-refractivity contribution is 9.10. The van der Waals surface area contributed by atoms with Crippen LogP contribution in [0.3, 0.4) is 0 Å². The molecule has 4 aliphatic rings. The van der Waals surface area contributed by atoms with E-state index in [-0.39, 0.29) is 40.9 Å². The van der Waals surface area contributed by atoms with Gasteiger partial charge in [0.25, 0.3) is 17.5 Å². The maximum absolute atomic E-state index is 13.6. The van der Waals surface area contributed by atoms with E-state index in [1.807, 2.05) is 24.3 Å². The Kier molecular flexibility index (Phi) is 4.99. The first kappa shape index (κ1) is 22.8. The van der Waals surface area contributed by atoms with Gasteiger partial charge in [-0.3, -0.25) is 19.7 Å². The maximum atomic E-state index is 13.6. The van der Waals surface area contributed by atoms with Crippen molar-refractivity contribution in [2.45, 2.75) is 11.8 Å². The number of hydrogen-bond acceptors (Lipinski definition) is 6. The summed E-state index contributed by atoms with van der Waals surface area (Å²) in [6, 6.07) is 24.0. The van der Waals surface area contributed by atoms with Gasteiger partial charge in [-0.05, 0) is 46.5 Å². The Morgan fingerprint density at radius 3 is 1.92 bits per heavy atom. The van der Waals surface area contributed by atoms with Crippen molar-refractivity contribution in [3.05, 3.63) is 121 Å². The molecule has 0 radical (unpaired) electrons. The third kappa shape index (κ3) is 3.18. The minimum atomic E-state index is -0.521. The lowest BCUT2D eigenvalue weighted by atomic mass is 9.55. The van der Waals surface area contributed by atoms with Crippen LogP contribution >= 0.6 is 15.9 Å². The summed E-state index contributed by atoms with van der Waals surface area (Å²) in [4.78, 5) is 38.3. The Morgan fingerprint density at radius 1 is 0.842 bits per heavy atom. The van der Waals surface area contributed by atoms with Crippen LogP contribution in [-0.2, 0) is 9.59 Å². The van der Waals surface area contributed by atoms with Gasteiger partial charge in [-0.2, -0.15) is 10.1 Å². The first-order valence-electron chi connectivity index (χ1n) is 12.1. The molecular weight excluding hydrogens is 550 g/mol. The molecule has 1 fully saturated rings. The van der Waals surface area contributed by atoms with Crippen LogP contribution in [0.25, 0.3) is 11.3 Å². The summed E-state index contributed by atoms with van der Waals surface area (Å²) in [7, 11) is 0. The van der Waals surface area contributed by atoms with Gasteiger partial charge in [0.05, 0.1) is 28.5 Å². The molecule has 0 N–H and O–H groups in total. The van der Waals surface area contributed by atoms with Crippen LogP contribution in [0.4, 0.5) is 5.69 Å². The highest BCUT2D eigenvalue weighted by Crippen LogP contribution is 2.60. The normalized spacial score (nSPS) is 23.0.